The number of hydrogen-bond acceptors (Lipinski definition) is 1. The van der Waals surface area contributed by atoms with Crippen LogP contribution in [0.1, 0.15) is 11.1 Å². The van der Waals surface area contributed by atoms with E-state index in [0.717, 1.165) is 6.07 Å². The van der Waals surface area contributed by atoms with Gasteiger partial charge in [0, 0.05) is 18.6 Å². The molecule has 0 saturated heterocycles. The second-order valence-electron chi connectivity index (χ2n) is 3.82. The molecule has 0 aromatic heterocycles. The third-order valence-corrected chi connectivity index (χ3v) is 2.67. The van der Waals surface area contributed by atoms with Crippen LogP contribution in [0.15, 0.2) is 21.6 Å². The first-order chi connectivity index (χ1) is 7.71. The summed E-state index contributed by atoms with van der Waals surface area (Å²) in [5, 5.41) is 0. The van der Waals surface area contributed by atoms with Gasteiger partial charge in [-0.3, -0.25) is 0 Å². The van der Waals surface area contributed by atoms with Crippen molar-refractivity contribution in [1.82, 2.24) is 4.90 Å². The predicted octanol–water partition coefficient (Wildman–Crippen LogP) is 4.00. The van der Waals surface area contributed by atoms with Crippen molar-refractivity contribution in [2.45, 2.75) is 13.1 Å². The maximum absolute atomic E-state index is 12.7. The van der Waals surface area contributed by atoms with Crippen LogP contribution in [0.5, 0.6) is 0 Å². The van der Waals surface area contributed by atoms with Gasteiger partial charge in [-0.15, -0.1) is 0 Å². The number of nitrogens with zero attached hydrogens (tertiary/aromatic N) is 2. The molecule has 1 aromatic rings. The van der Waals surface area contributed by atoms with Crippen LogP contribution in [0, 0.1) is 6.92 Å². The van der Waals surface area contributed by atoms with Crippen molar-refractivity contribution in [2.24, 2.45) is 4.99 Å². The topological polar surface area (TPSA) is 15.6 Å². The Morgan fingerprint density at radius 1 is 1.29 bits per heavy atom. The quantitative estimate of drug-likeness (QED) is 0.595. The van der Waals surface area contributed by atoms with Gasteiger partial charge in [0.15, 0.2) is 0 Å². The molecule has 6 heteroatoms. The molecule has 0 fully saturated rings. The second-order valence-corrected chi connectivity index (χ2v) is 4.68. The van der Waals surface area contributed by atoms with Gasteiger partial charge in [0.1, 0.15) is 0 Å². The number of rotatable bonds is 2. The molecule has 0 heterocycles. The molecule has 0 bridgehead atoms. The third kappa shape index (κ3) is 3.73. The minimum atomic E-state index is -4.38. The lowest BCUT2D eigenvalue weighted by molar-refractivity contribution is -0.138. The summed E-state index contributed by atoms with van der Waals surface area (Å²) in [7, 11) is 3.50. The van der Waals surface area contributed by atoms with E-state index in [0.29, 0.717) is 11.3 Å². The number of aryl methyl sites for hydroxylation is 1. The Bertz CT molecular complexity index is 439. The SMILES string of the molecule is Cc1cc(Br)c(C(F)(F)F)cc1N=CN(C)C. The maximum Gasteiger partial charge on any atom is 0.417 e. The molecule has 0 N–H and O–H groups in total. The zero-order chi connectivity index (χ0) is 13.2. The molecule has 0 radical (unpaired) electrons. The van der Waals surface area contributed by atoms with Crippen LogP contribution in [-0.2, 0) is 6.18 Å². The highest BCUT2D eigenvalue weighted by Gasteiger charge is 2.33. The molecular formula is C11H12BrF3N2. The summed E-state index contributed by atoms with van der Waals surface area (Å²) in [5.41, 5.74) is 0.284. The van der Waals surface area contributed by atoms with Crippen LogP contribution in [0.3, 0.4) is 0 Å². The molecule has 2 nitrogen and oxygen atoms in total. The van der Waals surface area contributed by atoms with Crippen molar-refractivity contribution < 1.29 is 13.2 Å². The molecule has 0 atom stereocenters. The Morgan fingerprint density at radius 2 is 1.88 bits per heavy atom. The Balaban J connectivity index is 3.25. The van der Waals surface area contributed by atoms with Crippen LogP contribution in [0.25, 0.3) is 0 Å². The van der Waals surface area contributed by atoms with Gasteiger partial charge in [-0.25, -0.2) is 4.99 Å². The Kier molecular flexibility index (Phi) is 4.19. The van der Waals surface area contributed by atoms with Crippen molar-refractivity contribution in [3.8, 4) is 0 Å². The predicted molar refractivity (Wildman–Crippen MR) is 65.7 cm³/mol. The number of alkyl halides is 3. The normalized spacial score (nSPS) is 12.2. The first-order valence-corrected chi connectivity index (χ1v) is 5.59. The average molecular weight is 309 g/mol. The van der Waals surface area contributed by atoms with E-state index in [-0.39, 0.29) is 4.47 Å². The maximum atomic E-state index is 12.7. The van der Waals surface area contributed by atoms with E-state index < -0.39 is 11.7 Å². The number of hydrogen-bond donors (Lipinski definition) is 0. The standard InChI is InChI=1S/C11H12BrF3N2/c1-7-4-9(12)8(11(13,14)15)5-10(7)16-6-17(2)3/h4-6H,1-3H3. The summed E-state index contributed by atoms with van der Waals surface area (Å²) < 4.78 is 38.0. The zero-order valence-corrected chi connectivity index (χ0v) is 11.2. The van der Waals surface area contributed by atoms with E-state index in [2.05, 4.69) is 20.9 Å². The first-order valence-electron chi connectivity index (χ1n) is 4.80. The molecule has 1 aromatic carbocycles. The van der Waals surface area contributed by atoms with E-state index in [4.69, 9.17) is 0 Å². The smallest absolute Gasteiger partial charge is 0.369 e. The summed E-state index contributed by atoms with van der Waals surface area (Å²) >= 11 is 2.91. The van der Waals surface area contributed by atoms with Crippen molar-refractivity contribution in [1.29, 1.82) is 0 Å². The van der Waals surface area contributed by atoms with E-state index in [1.165, 1.54) is 12.4 Å². The largest absolute Gasteiger partial charge is 0.417 e. The van der Waals surface area contributed by atoms with Crippen LogP contribution in [0.2, 0.25) is 0 Å². The van der Waals surface area contributed by atoms with E-state index in [1.54, 1.807) is 25.9 Å². The van der Waals surface area contributed by atoms with Crippen molar-refractivity contribution in [3.05, 3.63) is 27.7 Å². The van der Waals surface area contributed by atoms with Gasteiger partial charge >= 0.3 is 6.18 Å². The molecule has 94 valence electrons. The molecule has 0 aliphatic rings. The second kappa shape index (κ2) is 5.08. The Labute approximate surface area is 106 Å². The summed E-state index contributed by atoms with van der Waals surface area (Å²) in [5.74, 6) is 0. The highest BCUT2D eigenvalue weighted by molar-refractivity contribution is 9.10. The minimum absolute atomic E-state index is 0.0336. The van der Waals surface area contributed by atoms with Gasteiger partial charge in [-0.2, -0.15) is 13.2 Å². The molecule has 17 heavy (non-hydrogen) atoms. The Morgan fingerprint density at radius 3 is 2.35 bits per heavy atom. The van der Waals surface area contributed by atoms with Crippen molar-refractivity contribution >= 4 is 28.0 Å². The summed E-state index contributed by atoms with van der Waals surface area (Å²) in [6.07, 6.45) is -2.91. The number of halogens is 4. The Hall–Kier alpha value is -1.04. The zero-order valence-electron chi connectivity index (χ0n) is 9.64. The lowest BCUT2D eigenvalue weighted by Crippen LogP contribution is -2.08. The summed E-state index contributed by atoms with van der Waals surface area (Å²) in [6, 6.07) is 2.46. The van der Waals surface area contributed by atoms with Gasteiger partial charge in [0.05, 0.1) is 17.6 Å². The molecular weight excluding hydrogens is 297 g/mol. The molecule has 0 aliphatic heterocycles. The molecule has 1 rings (SSSR count). The van der Waals surface area contributed by atoms with Crippen LogP contribution >= 0.6 is 15.9 Å². The minimum Gasteiger partial charge on any atom is -0.369 e. The van der Waals surface area contributed by atoms with Crippen LogP contribution in [0.4, 0.5) is 18.9 Å². The van der Waals surface area contributed by atoms with Crippen LogP contribution in [-0.4, -0.2) is 25.3 Å². The van der Waals surface area contributed by atoms with E-state index in [9.17, 15) is 13.2 Å². The highest BCUT2D eigenvalue weighted by Crippen LogP contribution is 2.38. The lowest BCUT2D eigenvalue weighted by Gasteiger charge is -2.12. The molecule has 0 saturated carbocycles. The first kappa shape index (κ1) is 14.0. The van der Waals surface area contributed by atoms with Gasteiger partial charge in [0.25, 0.3) is 0 Å². The van der Waals surface area contributed by atoms with Gasteiger partial charge in [-0.1, -0.05) is 15.9 Å². The third-order valence-electron chi connectivity index (χ3n) is 2.02. The van der Waals surface area contributed by atoms with Crippen molar-refractivity contribution in [2.75, 3.05) is 14.1 Å². The molecule has 0 amide bonds. The fourth-order valence-corrected chi connectivity index (χ4v) is 1.88. The molecule has 0 unspecified atom stereocenters. The van der Waals surface area contributed by atoms with Gasteiger partial charge < -0.3 is 4.90 Å². The van der Waals surface area contributed by atoms with E-state index in [1.807, 2.05) is 0 Å². The monoisotopic (exact) mass is 308 g/mol. The van der Waals surface area contributed by atoms with Crippen LogP contribution < -0.4 is 0 Å². The molecule has 0 spiro atoms. The number of aliphatic imine (C=N–C) groups is 1. The molecule has 0 aliphatic carbocycles. The van der Waals surface area contributed by atoms with E-state index >= 15 is 0 Å². The summed E-state index contributed by atoms with van der Waals surface area (Å²) in [4.78, 5) is 5.66. The summed E-state index contributed by atoms with van der Waals surface area (Å²) in [6.45, 7) is 1.72. The fraction of sp³-hybridized carbons (Fsp3) is 0.364. The number of benzene rings is 1. The van der Waals surface area contributed by atoms with Gasteiger partial charge in [0.2, 0.25) is 0 Å². The lowest BCUT2D eigenvalue weighted by atomic mass is 10.1. The van der Waals surface area contributed by atoms with Crippen molar-refractivity contribution in [3.63, 3.8) is 0 Å². The van der Waals surface area contributed by atoms with Gasteiger partial charge in [-0.05, 0) is 24.6 Å². The fourth-order valence-electron chi connectivity index (χ4n) is 1.20. The highest BCUT2D eigenvalue weighted by atomic mass is 79.9. The average Bonchev–Trinajstić information content (AvgIpc) is 2.13.